The molecule has 1 fully saturated rings. The van der Waals surface area contributed by atoms with E-state index in [1.807, 2.05) is 13.2 Å². The smallest absolute Gasteiger partial charge is 0.233 e. The second-order valence-electron chi connectivity index (χ2n) is 5.31. The Morgan fingerprint density at radius 2 is 2.22 bits per heavy atom. The van der Waals surface area contributed by atoms with Crippen LogP contribution in [0, 0.1) is 6.92 Å². The summed E-state index contributed by atoms with van der Waals surface area (Å²) in [4.78, 5) is 12.0. The molecular weight excluding hydrogens is 242 g/mol. The molecule has 98 valence electrons. The number of aryl methyl sites for hydroxylation is 1. The van der Waals surface area contributed by atoms with Gasteiger partial charge in [0.2, 0.25) is 5.91 Å². The summed E-state index contributed by atoms with van der Waals surface area (Å²) in [5.41, 5.74) is 2.64. The van der Waals surface area contributed by atoms with Gasteiger partial charge in [0.25, 0.3) is 0 Å². The molecule has 1 aliphatic rings. The zero-order valence-corrected chi connectivity index (χ0v) is 12.1. The SMILES string of the molecule is CS[C@H](C)C(=O)NC1(Cc2cccc(C)c2)CC1. The highest BCUT2D eigenvalue weighted by atomic mass is 32.2. The lowest BCUT2D eigenvalue weighted by atomic mass is 10.0. The van der Waals surface area contributed by atoms with Crippen molar-refractivity contribution < 1.29 is 4.79 Å². The van der Waals surface area contributed by atoms with E-state index in [4.69, 9.17) is 0 Å². The molecule has 0 heterocycles. The van der Waals surface area contributed by atoms with Crippen molar-refractivity contribution in [2.75, 3.05) is 6.26 Å². The number of rotatable bonds is 5. The van der Waals surface area contributed by atoms with E-state index < -0.39 is 0 Å². The van der Waals surface area contributed by atoms with Gasteiger partial charge in [-0.2, -0.15) is 11.8 Å². The first kappa shape index (κ1) is 13.5. The first-order valence-electron chi connectivity index (χ1n) is 6.45. The average molecular weight is 263 g/mol. The summed E-state index contributed by atoms with van der Waals surface area (Å²) in [6.45, 7) is 4.07. The van der Waals surface area contributed by atoms with Crippen molar-refractivity contribution in [3.05, 3.63) is 35.4 Å². The first-order chi connectivity index (χ1) is 8.54. The van der Waals surface area contributed by atoms with Gasteiger partial charge in [-0.05, 0) is 44.9 Å². The van der Waals surface area contributed by atoms with E-state index in [0.717, 1.165) is 19.3 Å². The van der Waals surface area contributed by atoms with E-state index >= 15 is 0 Å². The first-order valence-corrected chi connectivity index (χ1v) is 7.74. The maximum atomic E-state index is 12.0. The van der Waals surface area contributed by atoms with Crippen LogP contribution in [0.25, 0.3) is 0 Å². The van der Waals surface area contributed by atoms with Crippen LogP contribution in [0.5, 0.6) is 0 Å². The van der Waals surface area contributed by atoms with Crippen molar-refractivity contribution in [2.24, 2.45) is 0 Å². The predicted molar refractivity (Wildman–Crippen MR) is 78.0 cm³/mol. The highest BCUT2D eigenvalue weighted by molar-refractivity contribution is 7.99. The number of hydrogen-bond acceptors (Lipinski definition) is 2. The molecule has 1 aromatic rings. The molecule has 0 spiro atoms. The molecule has 1 aliphatic carbocycles. The van der Waals surface area contributed by atoms with E-state index in [9.17, 15) is 4.79 Å². The van der Waals surface area contributed by atoms with Crippen molar-refractivity contribution in [3.8, 4) is 0 Å². The number of carbonyl (C=O) groups is 1. The number of hydrogen-bond donors (Lipinski definition) is 1. The Kier molecular flexibility index (Phi) is 4.00. The fourth-order valence-electron chi connectivity index (χ4n) is 2.18. The van der Waals surface area contributed by atoms with Crippen molar-refractivity contribution in [3.63, 3.8) is 0 Å². The molecule has 0 aromatic heterocycles. The summed E-state index contributed by atoms with van der Waals surface area (Å²) >= 11 is 1.60. The standard InChI is InChI=1S/C15H21NOS/c1-11-5-4-6-13(9-11)10-15(7-8-15)16-14(17)12(2)18-3/h4-6,9,12H,7-8,10H2,1-3H3,(H,16,17)/t12-/m1/s1. The van der Waals surface area contributed by atoms with Gasteiger partial charge >= 0.3 is 0 Å². The van der Waals surface area contributed by atoms with E-state index in [0.29, 0.717) is 0 Å². The fraction of sp³-hybridized carbons (Fsp3) is 0.533. The molecule has 1 saturated carbocycles. The van der Waals surface area contributed by atoms with Crippen LogP contribution >= 0.6 is 11.8 Å². The van der Waals surface area contributed by atoms with E-state index in [-0.39, 0.29) is 16.7 Å². The molecular formula is C15H21NOS. The minimum Gasteiger partial charge on any atom is -0.349 e. The maximum Gasteiger partial charge on any atom is 0.233 e. The lowest BCUT2D eigenvalue weighted by molar-refractivity contribution is -0.121. The molecule has 0 saturated heterocycles. The summed E-state index contributed by atoms with van der Waals surface area (Å²) in [5, 5.41) is 3.27. The van der Waals surface area contributed by atoms with Gasteiger partial charge in [-0.1, -0.05) is 29.8 Å². The van der Waals surface area contributed by atoms with Crippen molar-refractivity contribution in [1.29, 1.82) is 0 Å². The molecule has 1 aromatic carbocycles. The van der Waals surface area contributed by atoms with Crippen molar-refractivity contribution in [2.45, 2.75) is 43.9 Å². The summed E-state index contributed by atoms with van der Waals surface area (Å²) in [6.07, 6.45) is 5.15. The zero-order chi connectivity index (χ0) is 13.2. The van der Waals surface area contributed by atoms with Crippen LogP contribution in [0.4, 0.5) is 0 Å². The summed E-state index contributed by atoms with van der Waals surface area (Å²) in [7, 11) is 0. The van der Waals surface area contributed by atoms with Crippen LogP contribution in [0.3, 0.4) is 0 Å². The quantitative estimate of drug-likeness (QED) is 0.885. The third kappa shape index (κ3) is 3.29. The lowest BCUT2D eigenvalue weighted by Gasteiger charge is -2.20. The van der Waals surface area contributed by atoms with Crippen LogP contribution in [-0.2, 0) is 11.2 Å². The molecule has 0 unspecified atom stereocenters. The van der Waals surface area contributed by atoms with Crippen LogP contribution in [-0.4, -0.2) is 23.0 Å². The molecule has 1 atom stereocenters. The van der Waals surface area contributed by atoms with Crippen LogP contribution in [0.15, 0.2) is 24.3 Å². The van der Waals surface area contributed by atoms with Crippen molar-refractivity contribution in [1.82, 2.24) is 5.32 Å². The Bertz CT molecular complexity index is 440. The Labute approximate surface area is 114 Å². The Morgan fingerprint density at radius 3 is 2.78 bits per heavy atom. The Hall–Kier alpha value is -0.960. The average Bonchev–Trinajstić information content (AvgIpc) is 3.07. The van der Waals surface area contributed by atoms with Crippen LogP contribution < -0.4 is 5.32 Å². The maximum absolute atomic E-state index is 12.0. The van der Waals surface area contributed by atoms with Gasteiger partial charge in [0.1, 0.15) is 0 Å². The van der Waals surface area contributed by atoms with Crippen LogP contribution in [0.1, 0.15) is 30.9 Å². The van der Waals surface area contributed by atoms with Gasteiger partial charge in [-0.15, -0.1) is 0 Å². The summed E-state index contributed by atoms with van der Waals surface area (Å²) < 4.78 is 0. The van der Waals surface area contributed by atoms with Gasteiger partial charge in [0.05, 0.1) is 5.25 Å². The molecule has 3 heteroatoms. The highest BCUT2D eigenvalue weighted by Gasteiger charge is 2.44. The third-order valence-corrected chi connectivity index (χ3v) is 4.51. The monoisotopic (exact) mass is 263 g/mol. The number of amides is 1. The van der Waals surface area contributed by atoms with Gasteiger partial charge in [-0.3, -0.25) is 4.79 Å². The molecule has 0 aliphatic heterocycles. The second-order valence-corrected chi connectivity index (χ2v) is 6.49. The zero-order valence-electron chi connectivity index (χ0n) is 11.3. The second kappa shape index (κ2) is 5.35. The van der Waals surface area contributed by atoms with E-state index in [1.165, 1.54) is 11.1 Å². The van der Waals surface area contributed by atoms with E-state index in [2.05, 4.69) is 36.5 Å². The Balaban J connectivity index is 1.98. The molecule has 2 rings (SSSR count). The van der Waals surface area contributed by atoms with Crippen molar-refractivity contribution >= 4 is 17.7 Å². The summed E-state index contributed by atoms with van der Waals surface area (Å²) in [5.74, 6) is 0.174. The summed E-state index contributed by atoms with van der Waals surface area (Å²) in [6, 6.07) is 8.56. The van der Waals surface area contributed by atoms with Crippen LogP contribution in [0.2, 0.25) is 0 Å². The number of thioether (sulfide) groups is 1. The van der Waals surface area contributed by atoms with Gasteiger partial charge in [0, 0.05) is 5.54 Å². The van der Waals surface area contributed by atoms with E-state index in [1.54, 1.807) is 11.8 Å². The molecule has 0 bridgehead atoms. The normalized spacial score (nSPS) is 18.2. The molecule has 2 nitrogen and oxygen atoms in total. The molecule has 0 radical (unpaired) electrons. The van der Waals surface area contributed by atoms with Gasteiger partial charge in [-0.25, -0.2) is 0 Å². The molecule has 1 amide bonds. The number of carbonyl (C=O) groups excluding carboxylic acids is 1. The predicted octanol–water partition coefficient (Wildman–Crippen LogP) is 2.94. The van der Waals surface area contributed by atoms with Gasteiger partial charge in [0.15, 0.2) is 0 Å². The lowest BCUT2D eigenvalue weighted by Crippen LogP contribution is -2.42. The topological polar surface area (TPSA) is 29.1 Å². The number of benzene rings is 1. The molecule has 1 N–H and O–H groups in total. The minimum atomic E-state index is 0.0366. The minimum absolute atomic E-state index is 0.0366. The largest absolute Gasteiger partial charge is 0.349 e. The fourth-order valence-corrected chi connectivity index (χ4v) is 2.45. The Morgan fingerprint density at radius 1 is 1.50 bits per heavy atom. The number of nitrogens with one attached hydrogen (secondary N) is 1. The molecule has 18 heavy (non-hydrogen) atoms. The highest BCUT2D eigenvalue weighted by Crippen LogP contribution is 2.39. The third-order valence-electron chi connectivity index (χ3n) is 3.59. The van der Waals surface area contributed by atoms with Gasteiger partial charge < -0.3 is 5.32 Å².